The largest absolute Gasteiger partial charge is 0.369 e. The Hall–Kier alpha value is -3.81. The number of hydrogen-bond donors (Lipinski definition) is 1. The monoisotopic (exact) mass is 447 g/mol. The van der Waals surface area contributed by atoms with Crippen LogP contribution in [0.3, 0.4) is 0 Å². The van der Waals surface area contributed by atoms with Crippen molar-refractivity contribution < 1.29 is 14.0 Å². The fraction of sp³-hybridized carbons (Fsp3) is 0.280. The van der Waals surface area contributed by atoms with Crippen LogP contribution < -0.4 is 5.73 Å². The van der Waals surface area contributed by atoms with Gasteiger partial charge in [-0.3, -0.25) is 14.5 Å². The lowest BCUT2D eigenvalue weighted by molar-refractivity contribution is -0.129. The maximum absolute atomic E-state index is 14.4. The second-order valence-electron chi connectivity index (χ2n) is 8.05. The minimum atomic E-state index is -1.48. The van der Waals surface area contributed by atoms with Crippen molar-refractivity contribution in [3.63, 3.8) is 0 Å². The molecule has 0 radical (unpaired) electrons. The molecule has 3 aromatic rings. The lowest BCUT2D eigenvalue weighted by atomic mass is 9.83. The molecule has 0 saturated carbocycles. The van der Waals surface area contributed by atoms with E-state index >= 15 is 0 Å². The number of pyridine rings is 1. The van der Waals surface area contributed by atoms with Crippen LogP contribution in [0.1, 0.15) is 48.3 Å². The van der Waals surface area contributed by atoms with Gasteiger partial charge in [-0.15, -0.1) is 0 Å². The lowest BCUT2D eigenvalue weighted by Crippen LogP contribution is -2.41. The molecule has 0 bridgehead atoms. The average molecular weight is 448 g/mol. The lowest BCUT2D eigenvalue weighted by Gasteiger charge is -2.25. The van der Waals surface area contributed by atoms with Crippen LogP contribution in [-0.4, -0.2) is 39.1 Å². The third-order valence-corrected chi connectivity index (χ3v) is 5.98. The van der Waals surface area contributed by atoms with Crippen molar-refractivity contribution in [1.82, 2.24) is 14.5 Å². The number of carbonyl (C=O) groups is 2. The summed E-state index contributed by atoms with van der Waals surface area (Å²) >= 11 is 0. The van der Waals surface area contributed by atoms with Crippen LogP contribution in [0.4, 0.5) is 4.39 Å². The van der Waals surface area contributed by atoms with Gasteiger partial charge in [-0.25, -0.2) is 9.98 Å². The Morgan fingerprint density at radius 1 is 1.15 bits per heavy atom. The van der Waals surface area contributed by atoms with Crippen molar-refractivity contribution >= 4 is 17.6 Å². The molecule has 2 N–H and O–H groups in total. The highest BCUT2D eigenvalue weighted by Gasteiger charge is 2.50. The summed E-state index contributed by atoms with van der Waals surface area (Å²) in [5, 5.41) is 0. The minimum Gasteiger partial charge on any atom is -0.369 e. The summed E-state index contributed by atoms with van der Waals surface area (Å²) in [6, 6.07) is 12.0. The number of carbonyl (C=O) groups excluding carboxylic acids is 2. The maximum Gasteiger partial charge on any atom is 0.266 e. The Kier molecular flexibility index (Phi) is 5.84. The molecule has 8 heteroatoms. The summed E-state index contributed by atoms with van der Waals surface area (Å²) in [6.45, 7) is 4.45. The first-order valence-corrected chi connectivity index (χ1v) is 10.9. The number of nitrogens with two attached hydrogens (primary N) is 1. The van der Waals surface area contributed by atoms with Crippen molar-refractivity contribution in [2.45, 2.75) is 38.8 Å². The molecule has 0 spiro atoms. The van der Waals surface area contributed by atoms with Crippen molar-refractivity contribution in [2.75, 3.05) is 7.05 Å². The average Bonchev–Trinajstić information content (AvgIpc) is 3.34. The fourth-order valence-electron chi connectivity index (χ4n) is 4.25. The zero-order valence-corrected chi connectivity index (χ0v) is 18.9. The number of ketones is 1. The molecule has 1 aliphatic heterocycles. The molecule has 1 aliphatic rings. The van der Waals surface area contributed by atoms with Crippen LogP contribution in [0.5, 0.6) is 0 Å². The molecule has 1 aromatic carbocycles. The summed E-state index contributed by atoms with van der Waals surface area (Å²) in [5.41, 5.74) is 7.10. The second kappa shape index (κ2) is 8.61. The quantitative estimate of drug-likeness (QED) is 0.441. The first-order chi connectivity index (χ1) is 15.8. The number of aliphatic imine (C=N–C) groups is 1. The van der Waals surface area contributed by atoms with E-state index in [1.165, 1.54) is 11.1 Å². The molecule has 0 fully saturated rings. The number of aryl methyl sites for hydroxylation is 1. The van der Waals surface area contributed by atoms with Crippen LogP contribution >= 0.6 is 0 Å². The smallest absolute Gasteiger partial charge is 0.266 e. The van der Waals surface area contributed by atoms with E-state index in [-0.39, 0.29) is 17.6 Å². The number of halogens is 1. The van der Waals surface area contributed by atoms with Gasteiger partial charge in [-0.1, -0.05) is 32.0 Å². The number of aromatic nitrogens is 2. The van der Waals surface area contributed by atoms with Gasteiger partial charge in [-0.2, -0.15) is 4.39 Å². The van der Waals surface area contributed by atoms with Crippen LogP contribution in [0.25, 0.3) is 11.1 Å². The van der Waals surface area contributed by atoms with E-state index in [0.717, 1.165) is 6.42 Å². The molecule has 4 rings (SSSR count). The number of rotatable bonds is 7. The Labute approximate surface area is 191 Å². The fourth-order valence-corrected chi connectivity index (χ4v) is 4.25. The molecule has 1 atom stereocenters. The molecule has 170 valence electrons. The van der Waals surface area contributed by atoms with E-state index in [1.54, 1.807) is 62.6 Å². The van der Waals surface area contributed by atoms with Crippen LogP contribution in [-0.2, 0) is 16.9 Å². The van der Waals surface area contributed by atoms with Gasteiger partial charge in [0.25, 0.3) is 5.91 Å². The maximum atomic E-state index is 14.4. The molecule has 1 amide bonds. The third-order valence-electron chi connectivity index (χ3n) is 5.98. The zero-order valence-electron chi connectivity index (χ0n) is 18.9. The normalized spacial score (nSPS) is 18.0. The first kappa shape index (κ1) is 22.4. The number of benzene rings is 1. The SMILES string of the molecule is CCCn1cc(C2(c3cccc(-c4cccnc4F)c3)N=C(N)N(C)C2=O)cc1C(=O)CC. The third kappa shape index (κ3) is 3.61. The molecular formula is C25H26FN5O2. The van der Waals surface area contributed by atoms with Crippen molar-refractivity contribution in [3.8, 4) is 11.1 Å². The van der Waals surface area contributed by atoms with E-state index in [9.17, 15) is 14.0 Å². The van der Waals surface area contributed by atoms with E-state index in [0.29, 0.717) is 40.9 Å². The number of amides is 1. The molecule has 0 aliphatic carbocycles. The Morgan fingerprint density at radius 2 is 1.94 bits per heavy atom. The molecule has 33 heavy (non-hydrogen) atoms. The van der Waals surface area contributed by atoms with E-state index in [2.05, 4.69) is 9.98 Å². The topological polar surface area (TPSA) is 93.6 Å². The van der Waals surface area contributed by atoms with Crippen molar-refractivity contribution in [3.05, 3.63) is 77.6 Å². The van der Waals surface area contributed by atoms with Gasteiger partial charge in [0.2, 0.25) is 5.95 Å². The van der Waals surface area contributed by atoms with Crippen LogP contribution in [0.15, 0.2) is 59.9 Å². The molecule has 2 aromatic heterocycles. The molecule has 3 heterocycles. The van der Waals surface area contributed by atoms with Gasteiger partial charge < -0.3 is 10.3 Å². The van der Waals surface area contributed by atoms with Crippen molar-refractivity contribution in [2.24, 2.45) is 10.7 Å². The molecular weight excluding hydrogens is 421 g/mol. The number of nitrogens with zero attached hydrogens (tertiary/aromatic N) is 4. The summed E-state index contributed by atoms with van der Waals surface area (Å²) in [5.74, 6) is -0.893. The van der Waals surface area contributed by atoms with Crippen molar-refractivity contribution in [1.29, 1.82) is 0 Å². The van der Waals surface area contributed by atoms with Gasteiger partial charge >= 0.3 is 0 Å². The summed E-state index contributed by atoms with van der Waals surface area (Å²) < 4.78 is 16.3. The number of Topliss-reactive ketones (excluding diaryl/α,β-unsaturated/α-hetero) is 1. The molecule has 1 unspecified atom stereocenters. The van der Waals surface area contributed by atoms with Gasteiger partial charge in [0.1, 0.15) is 0 Å². The van der Waals surface area contributed by atoms with E-state index in [1.807, 2.05) is 11.5 Å². The van der Waals surface area contributed by atoms with Gasteiger partial charge in [-0.05, 0) is 41.8 Å². The predicted octanol–water partition coefficient (Wildman–Crippen LogP) is 3.72. The number of guanidine groups is 1. The number of likely N-dealkylation sites (N-methyl/N-ethyl adjacent to an activating group) is 1. The standard InChI is InChI=1S/C25H26FN5O2/c1-4-12-31-15-18(14-20(31)21(32)5-2)25(23(33)30(3)24(27)29-25)17-9-6-8-16(13-17)19-10-7-11-28-22(19)26/h6-11,13-15H,4-5,12H2,1-3H3,(H2,27,29). The van der Waals surface area contributed by atoms with E-state index < -0.39 is 11.5 Å². The minimum absolute atomic E-state index is 0.0215. The van der Waals surface area contributed by atoms with Crippen LogP contribution in [0, 0.1) is 5.95 Å². The second-order valence-corrected chi connectivity index (χ2v) is 8.05. The Morgan fingerprint density at radius 3 is 2.58 bits per heavy atom. The highest BCUT2D eigenvalue weighted by molar-refractivity contribution is 6.09. The Balaban J connectivity index is 1.96. The zero-order chi connectivity index (χ0) is 23.8. The highest BCUT2D eigenvalue weighted by Crippen LogP contribution is 2.41. The first-order valence-electron chi connectivity index (χ1n) is 10.9. The predicted molar refractivity (Wildman–Crippen MR) is 124 cm³/mol. The summed E-state index contributed by atoms with van der Waals surface area (Å²) in [4.78, 5) is 35.9. The summed E-state index contributed by atoms with van der Waals surface area (Å²) in [7, 11) is 1.56. The molecule has 7 nitrogen and oxygen atoms in total. The Bertz CT molecular complexity index is 1270. The molecule has 0 saturated heterocycles. The van der Waals surface area contributed by atoms with Gasteiger partial charge in [0, 0.05) is 43.5 Å². The summed E-state index contributed by atoms with van der Waals surface area (Å²) in [6.07, 6.45) is 4.35. The van der Waals surface area contributed by atoms with Gasteiger partial charge in [0.05, 0.1) is 5.69 Å². The highest BCUT2D eigenvalue weighted by atomic mass is 19.1. The van der Waals surface area contributed by atoms with Crippen LogP contribution in [0.2, 0.25) is 0 Å². The van der Waals surface area contributed by atoms with Gasteiger partial charge in [0.15, 0.2) is 17.3 Å². The van der Waals surface area contributed by atoms with E-state index in [4.69, 9.17) is 5.73 Å². The number of hydrogen-bond acceptors (Lipinski definition) is 5.